The second-order valence-electron chi connectivity index (χ2n) is 4.50. The number of hydrogen-bond acceptors (Lipinski definition) is 3. The Balaban J connectivity index is 0.00000220. The molecule has 2 aromatic heterocycles. The molecule has 2 rings (SSSR count). The Morgan fingerprint density at radius 3 is 2.43 bits per heavy atom. The van der Waals surface area contributed by atoms with Crippen LogP contribution in [0.2, 0.25) is 0 Å². The molecule has 0 saturated carbocycles. The topological polar surface area (TPSA) is 39.9 Å². The van der Waals surface area contributed by atoms with E-state index in [-0.39, 0.29) is 13.3 Å². The minimum absolute atomic E-state index is 0. The fourth-order valence-corrected chi connectivity index (χ4v) is 2.43. The summed E-state index contributed by atoms with van der Waals surface area (Å²) in [6.45, 7) is 2.58. The Morgan fingerprint density at radius 1 is 1.24 bits per heavy atom. The lowest BCUT2D eigenvalue weighted by Crippen LogP contribution is -2.06. The number of alkyl halides is 2. The number of pyridine rings is 1. The Hall–Kier alpha value is -1.50. The van der Waals surface area contributed by atoms with Crippen molar-refractivity contribution in [1.29, 1.82) is 0 Å². The lowest BCUT2D eigenvalue weighted by Gasteiger charge is -2.07. The van der Waals surface area contributed by atoms with Crippen LogP contribution in [-0.2, 0) is 7.05 Å². The van der Waals surface area contributed by atoms with E-state index in [0.717, 1.165) is 15.7 Å². The minimum Gasteiger partial charge on any atom is -0.417 e. The van der Waals surface area contributed by atoms with Crippen LogP contribution in [0, 0.1) is 20.8 Å². The molecule has 0 aliphatic heterocycles. The molecule has 0 unspecified atom stereocenters. The summed E-state index contributed by atoms with van der Waals surface area (Å²) in [6.07, 6.45) is 0. The molecule has 0 aromatic carbocycles. The summed E-state index contributed by atoms with van der Waals surface area (Å²) in [7, 11) is 1.56. The van der Waals surface area contributed by atoms with Gasteiger partial charge in [0.15, 0.2) is 0 Å². The highest BCUT2D eigenvalue weighted by molar-refractivity contribution is 9.10. The molecular formula is C14H18BrF2N3O. The van der Waals surface area contributed by atoms with Crippen LogP contribution in [0.4, 0.5) is 8.78 Å². The maximum absolute atomic E-state index is 12.4. The summed E-state index contributed by atoms with van der Waals surface area (Å²) >= 11 is 3.41. The van der Waals surface area contributed by atoms with Gasteiger partial charge < -0.3 is 4.74 Å². The van der Waals surface area contributed by atoms with Gasteiger partial charge in [-0.1, -0.05) is 7.43 Å². The highest BCUT2D eigenvalue weighted by Gasteiger charge is 2.20. The van der Waals surface area contributed by atoms with Gasteiger partial charge in [0.25, 0.3) is 0 Å². The van der Waals surface area contributed by atoms with E-state index in [0.29, 0.717) is 17.0 Å². The summed E-state index contributed by atoms with van der Waals surface area (Å²) in [5.41, 5.74) is 3.49. The Kier molecular flexibility index (Phi) is 5.44. The van der Waals surface area contributed by atoms with Gasteiger partial charge in [-0.05, 0) is 48.3 Å². The van der Waals surface area contributed by atoms with Crippen LogP contribution < -0.4 is 4.74 Å². The van der Waals surface area contributed by atoms with Crippen LogP contribution in [0.5, 0.6) is 5.88 Å². The Bertz CT molecular complexity index is 656. The molecule has 0 aliphatic rings. The number of ether oxygens (including phenoxy) is 1. The van der Waals surface area contributed by atoms with Gasteiger partial charge >= 0.3 is 6.61 Å². The predicted octanol–water partition coefficient (Wildman–Crippen LogP) is 4.41. The molecule has 0 radical (unpaired) electrons. The molecule has 7 heteroatoms. The zero-order valence-corrected chi connectivity index (χ0v) is 13.1. The molecule has 21 heavy (non-hydrogen) atoms. The molecule has 2 aromatic rings. The number of nitrogens with zero attached hydrogens (tertiary/aromatic N) is 3. The van der Waals surface area contributed by atoms with E-state index in [1.807, 2.05) is 19.9 Å². The summed E-state index contributed by atoms with van der Waals surface area (Å²) in [6, 6.07) is 1.93. The fourth-order valence-electron chi connectivity index (χ4n) is 2.00. The van der Waals surface area contributed by atoms with Gasteiger partial charge in [-0.2, -0.15) is 13.9 Å². The van der Waals surface area contributed by atoms with Crippen molar-refractivity contribution in [3.63, 3.8) is 0 Å². The third-order valence-corrected chi connectivity index (χ3v) is 3.79. The average molecular weight is 362 g/mol. The summed E-state index contributed by atoms with van der Waals surface area (Å²) in [4.78, 5) is 4.47. The maximum atomic E-state index is 12.4. The van der Waals surface area contributed by atoms with Crippen molar-refractivity contribution >= 4 is 15.9 Å². The smallest absolute Gasteiger partial charge is 0.388 e. The summed E-state index contributed by atoms with van der Waals surface area (Å²) < 4.78 is 31.5. The standard InChI is InChI=1S/C13H14BrF2N3O.CH4/c1-6-5-9(14)8(3)17-10(6)11-7(2)12(19(4)18-11)20-13(15)16;/h5,13H,1-4H3;1H4. The maximum Gasteiger partial charge on any atom is 0.388 e. The Labute approximate surface area is 131 Å². The average Bonchev–Trinajstić information content (AvgIpc) is 2.61. The highest BCUT2D eigenvalue weighted by atomic mass is 79.9. The first-order valence-electron chi connectivity index (χ1n) is 5.93. The first kappa shape index (κ1) is 17.6. The van der Waals surface area contributed by atoms with Crippen LogP contribution >= 0.6 is 15.9 Å². The SMILES string of the molecule is C.Cc1cc(Br)c(C)nc1-c1nn(C)c(OC(F)F)c1C. The molecule has 116 valence electrons. The van der Waals surface area contributed by atoms with Crippen molar-refractivity contribution in [2.75, 3.05) is 0 Å². The highest BCUT2D eigenvalue weighted by Crippen LogP contribution is 2.32. The van der Waals surface area contributed by atoms with Crippen LogP contribution in [0.3, 0.4) is 0 Å². The van der Waals surface area contributed by atoms with Crippen molar-refractivity contribution in [2.24, 2.45) is 7.05 Å². The number of aryl methyl sites for hydroxylation is 3. The molecular weight excluding hydrogens is 344 g/mol. The summed E-state index contributed by atoms with van der Waals surface area (Å²) in [5.74, 6) is 0.0526. The molecule has 0 amide bonds. The number of halogens is 3. The summed E-state index contributed by atoms with van der Waals surface area (Å²) in [5, 5.41) is 4.25. The van der Waals surface area contributed by atoms with Gasteiger partial charge in [0.1, 0.15) is 5.69 Å². The third kappa shape index (κ3) is 3.40. The first-order chi connectivity index (χ1) is 9.31. The molecule has 4 nitrogen and oxygen atoms in total. The van der Waals surface area contributed by atoms with E-state index in [2.05, 4.69) is 30.7 Å². The van der Waals surface area contributed by atoms with E-state index < -0.39 is 6.61 Å². The second kappa shape index (κ2) is 6.51. The van der Waals surface area contributed by atoms with Gasteiger partial charge in [0.05, 0.1) is 11.4 Å². The molecule has 0 saturated heterocycles. The monoisotopic (exact) mass is 361 g/mol. The van der Waals surface area contributed by atoms with Crippen molar-refractivity contribution in [1.82, 2.24) is 14.8 Å². The minimum atomic E-state index is -2.88. The predicted molar refractivity (Wildman–Crippen MR) is 81.7 cm³/mol. The molecule has 0 aliphatic carbocycles. The van der Waals surface area contributed by atoms with Crippen LogP contribution in [0.15, 0.2) is 10.5 Å². The molecule has 2 heterocycles. The second-order valence-corrected chi connectivity index (χ2v) is 5.36. The molecule has 0 N–H and O–H groups in total. The van der Waals surface area contributed by atoms with Crippen molar-refractivity contribution in [3.8, 4) is 17.3 Å². The molecule has 0 fully saturated rings. The van der Waals surface area contributed by atoms with E-state index in [1.54, 1.807) is 14.0 Å². The zero-order valence-electron chi connectivity index (χ0n) is 11.5. The lowest BCUT2D eigenvalue weighted by atomic mass is 10.1. The molecule has 0 bridgehead atoms. The van der Waals surface area contributed by atoms with Crippen molar-refractivity contribution in [3.05, 3.63) is 27.4 Å². The van der Waals surface area contributed by atoms with Crippen molar-refractivity contribution in [2.45, 2.75) is 34.8 Å². The quantitative estimate of drug-likeness (QED) is 0.812. The first-order valence-corrected chi connectivity index (χ1v) is 6.73. The van der Waals surface area contributed by atoms with Gasteiger partial charge in [-0.25, -0.2) is 9.67 Å². The number of rotatable bonds is 3. The van der Waals surface area contributed by atoms with Crippen LogP contribution in [0.1, 0.15) is 24.2 Å². The Morgan fingerprint density at radius 2 is 1.86 bits per heavy atom. The van der Waals surface area contributed by atoms with Gasteiger partial charge in [0.2, 0.25) is 5.88 Å². The zero-order chi connectivity index (χ0) is 15.0. The fraction of sp³-hybridized carbons (Fsp3) is 0.429. The number of aromatic nitrogens is 3. The molecule has 0 spiro atoms. The lowest BCUT2D eigenvalue weighted by molar-refractivity contribution is -0.0557. The van der Waals surface area contributed by atoms with Gasteiger partial charge in [0, 0.05) is 17.1 Å². The van der Waals surface area contributed by atoms with Crippen molar-refractivity contribution < 1.29 is 13.5 Å². The van der Waals surface area contributed by atoms with E-state index in [9.17, 15) is 8.78 Å². The van der Waals surface area contributed by atoms with E-state index >= 15 is 0 Å². The van der Waals surface area contributed by atoms with E-state index in [1.165, 1.54) is 4.68 Å². The largest absolute Gasteiger partial charge is 0.417 e. The number of hydrogen-bond donors (Lipinski definition) is 0. The van der Waals surface area contributed by atoms with Gasteiger partial charge in [-0.3, -0.25) is 0 Å². The normalized spacial score (nSPS) is 10.7. The van der Waals surface area contributed by atoms with Gasteiger partial charge in [-0.15, -0.1) is 0 Å². The van der Waals surface area contributed by atoms with Crippen LogP contribution in [-0.4, -0.2) is 21.4 Å². The third-order valence-electron chi connectivity index (χ3n) is 2.99. The molecule has 0 atom stereocenters. The van der Waals surface area contributed by atoms with Crippen LogP contribution in [0.25, 0.3) is 11.4 Å². The van der Waals surface area contributed by atoms with E-state index in [4.69, 9.17) is 0 Å².